The van der Waals surface area contributed by atoms with Crippen molar-refractivity contribution in [2.75, 3.05) is 26.6 Å². The molecule has 174 valence electrons. The average Bonchev–Trinajstić information content (AvgIpc) is 3.10. The van der Waals surface area contributed by atoms with Crippen LogP contribution in [-0.4, -0.2) is 42.0 Å². The number of nitrogens with zero attached hydrogens (tertiary/aromatic N) is 3. The molecule has 0 unspecified atom stereocenters. The van der Waals surface area contributed by atoms with Gasteiger partial charge in [0.15, 0.2) is 17.3 Å². The zero-order valence-corrected chi connectivity index (χ0v) is 19.4. The first-order valence-corrected chi connectivity index (χ1v) is 11.2. The third kappa shape index (κ3) is 4.94. The van der Waals surface area contributed by atoms with Crippen LogP contribution in [0, 0.1) is 0 Å². The Kier molecular flexibility index (Phi) is 7.12. The molecule has 0 bridgehead atoms. The highest BCUT2D eigenvalue weighted by Crippen LogP contribution is 2.40. The number of hydrogen-bond donors (Lipinski definition) is 1. The number of fused-ring (bicyclic) bond motifs is 1. The highest BCUT2D eigenvalue weighted by Gasteiger charge is 2.18. The van der Waals surface area contributed by atoms with Gasteiger partial charge in [0.2, 0.25) is 11.7 Å². The van der Waals surface area contributed by atoms with Crippen LogP contribution >= 0.6 is 0 Å². The van der Waals surface area contributed by atoms with Crippen molar-refractivity contribution in [3.05, 3.63) is 47.8 Å². The molecule has 0 fully saturated rings. The van der Waals surface area contributed by atoms with Gasteiger partial charge in [-0.3, -0.25) is 4.79 Å². The summed E-state index contributed by atoms with van der Waals surface area (Å²) in [4.78, 5) is 12.7. The number of aromatic nitrogens is 3. The number of hydrogen-bond acceptors (Lipinski definition) is 6. The van der Waals surface area contributed by atoms with E-state index in [-0.39, 0.29) is 5.91 Å². The summed E-state index contributed by atoms with van der Waals surface area (Å²) in [5.74, 6) is 3.52. The Hall–Kier alpha value is -3.55. The first-order valence-electron chi connectivity index (χ1n) is 11.2. The van der Waals surface area contributed by atoms with E-state index >= 15 is 0 Å². The van der Waals surface area contributed by atoms with Crippen molar-refractivity contribution in [1.82, 2.24) is 14.8 Å². The summed E-state index contributed by atoms with van der Waals surface area (Å²) in [6.07, 6.45) is 5.27. The number of carbonyl (C=O) groups is 1. The van der Waals surface area contributed by atoms with Gasteiger partial charge in [-0.25, -0.2) is 0 Å². The fraction of sp³-hybridized carbons (Fsp3) is 0.400. The van der Waals surface area contributed by atoms with Gasteiger partial charge < -0.3 is 24.1 Å². The summed E-state index contributed by atoms with van der Waals surface area (Å²) < 4.78 is 18.5. The first-order chi connectivity index (χ1) is 16.1. The van der Waals surface area contributed by atoms with E-state index in [1.54, 1.807) is 21.3 Å². The van der Waals surface area contributed by atoms with E-state index in [1.165, 1.54) is 6.42 Å². The fourth-order valence-corrected chi connectivity index (χ4v) is 4.27. The maximum atomic E-state index is 12.7. The normalized spacial score (nSPS) is 13.1. The minimum atomic E-state index is -0.0796. The minimum absolute atomic E-state index is 0.0796. The van der Waals surface area contributed by atoms with Gasteiger partial charge in [-0.15, -0.1) is 10.2 Å². The van der Waals surface area contributed by atoms with E-state index in [0.717, 1.165) is 54.3 Å². The second kappa shape index (κ2) is 10.4. The molecule has 0 aliphatic carbocycles. The van der Waals surface area contributed by atoms with Crippen LogP contribution in [0.1, 0.15) is 37.1 Å². The minimum Gasteiger partial charge on any atom is -0.493 e. The molecule has 33 heavy (non-hydrogen) atoms. The molecule has 1 N–H and O–H groups in total. The molecule has 1 amide bonds. The highest BCUT2D eigenvalue weighted by atomic mass is 16.5. The van der Waals surface area contributed by atoms with Crippen LogP contribution in [0.15, 0.2) is 36.4 Å². The predicted octanol–water partition coefficient (Wildman–Crippen LogP) is 4.27. The maximum Gasteiger partial charge on any atom is 0.224 e. The zero-order valence-electron chi connectivity index (χ0n) is 19.4. The molecule has 2 aromatic carbocycles. The molecule has 1 aliphatic rings. The Morgan fingerprint density at radius 1 is 1.00 bits per heavy atom. The summed E-state index contributed by atoms with van der Waals surface area (Å²) in [7, 11) is 4.73. The lowest BCUT2D eigenvalue weighted by Crippen LogP contribution is -2.13. The lowest BCUT2D eigenvalue weighted by Gasteiger charge is -2.15. The Labute approximate surface area is 193 Å². The van der Waals surface area contributed by atoms with Crippen molar-refractivity contribution in [3.8, 4) is 28.6 Å². The smallest absolute Gasteiger partial charge is 0.224 e. The number of methoxy groups -OCH3 is 3. The molecule has 0 saturated heterocycles. The van der Waals surface area contributed by atoms with Gasteiger partial charge in [0.25, 0.3) is 0 Å². The van der Waals surface area contributed by atoms with Crippen LogP contribution in [0.4, 0.5) is 5.69 Å². The topological polar surface area (TPSA) is 87.5 Å². The number of amides is 1. The van der Waals surface area contributed by atoms with Crippen LogP contribution in [0.25, 0.3) is 11.4 Å². The zero-order chi connectivity index (χ0) is 23.2. The van der Waals surface area contributed by atoms with E-state index in [9.17, 15) is 4.79 Å². The molecular weight excluding hydrogens is 420 g/mol. The van der Waals surface area contributed by atoms with Crippen molar-refractivity contribution in [2.24, 2.45) is 0 Å². The van der Waals surface area contributed by atoms with Crippen LogP contribution in [0.3, 0.4) is 0 Å². The molecule has 1 aromatic heterocycles. The Morgan fingerprint density at radius 3 is 2.64 bits per heavy atom. The number of aryl methyl sites for hydroxylation is 2. The molecule has 0 radical (unpaired) electrons. The standard InChI is InChI=1S/C25H30N4O4/c1-31-20-13-11-17(23(32-2)24(20)33-3)12-14-22(30)26-19-9-7-8-18(16-19)25-28-27-21-10-5-4-6-15-29(21)25/h7-9,11,13,16H,4-6,10,12,14-15H2,1-3H3,(H,26,30). The summed E-state index contributed by atoms with van der Waals surface area (Å²) in [5, 5.41) is 11.8. The molecule has 8 nitrogen and oxygen atoms in total. The van der Waals surface area contributed by atoms with E-state index < -0.39 is 0 Å². The lowest BCUT2D eigenvalue weighted by molar-refractivity contribution is -0.116. The van der Waals surface area contributed by atoms with Crippen molar-refractivity contribution in [1.29, 1.82) is 0 Å². The highest BCUT2D eigenvalue weighted by molar-refractivity contribution is 5.91. The van der Waals surface area contributed by atoms with Crippen molar-refractivity contribution in [2.45, 2.75) is 45.1 Å². The number of nitrogens with one attached hydrogen (secondary N) is 1. The van der Waals surface area contributed by atoms with Gasteiger partial charge in [-0.2, -0.15) is 0 Å². The average molecular weight is 451 g/mol. The van der Waals surface area contributed by atoms with Crippen molar-refractivity contribution >= 4 is 11.6 Å². The summed E-state index contributed by atoms with van der Waals surface area (Å²) in [6.45, 7) is 0.932. The molecule has 0 spiro atoms. The van der Waals surface area contributed by atoms with Crippen LogP contribution < -0.4 is 19.5 Å². The molecule has 0 atom stereocenters. The molecule has 1 aliphatic heterocycles. The second-order valence-electron chi connectivity index (χ2n) is 8.02. The van der Waals surface area contributed by atoms with E-state index in [4.69, 9.17) is 14.2 Å². The van der Waals surface area contributed by atoms with Gasteiger partial charge in [0.1, 0.15) is 5.82 Å². The summed E-state index contributed by atoms with van der Waals surface area (Å²) in [6, 6.07) is 11.5. The molecule has 0 saturated carbocycles. The van der Waals surface area contributed by atoms with Crippen LogP contribution in [0.2, 0.25) is 0 Å². The third-order valence-corrected chi connectivity index (χ3v) is 5.92. The van der Waals surface area contributed by atoms with E-state index in [1.807, 2.05) is 36.4 Å². The number of rotatable bonds is 8. The predicted molar refractivity (Wildman–Crippen MR) is 126 cm³/mol. The van der Waals surface area contributed by atoms with E-state index in [2.05, 4.69) is 20.1 Å². The fourth-order valence-electron chi connectivity index (χ4n) is 4.27. The van der Waals surface area contributed by atoms with Gasteiger partial charge >= 0.3 is 0 Å². The van der Waals surface area contributed by atoms with Gasteiger partial charge in [0.05, 0.1) is 21.3 Å². The van der Waals surface area contributed by atoms with Gasteiger partial charge in [0, 0.05) is 30.6 Å². The van der Waals surface area contributed by atoms with Gasteiger partial charge in [-0.1, -0.05) is 24.6 Å². The number of carbonyl (C=O) groups excluding carboxylic acids is 1. The lowest BCUT2D eigenvalue weighted by atomic mass is 10.1. The van der Waals surface area contributed by atoms with Crippen LogP contribution in [-0.2, 0) is 24.2 Å². The van der Waals surface area contributed by atoms with E-state index in [0.29, 0.717) is 30.1 Å². The molecule has 8 heteroatoms. The molecular formula is C25H30N4O4. The Morgan fingerprint density at radius 2 is 1.85 bits per heavy atom. The summed E-state index contributed by atoms with van der Waals surface area (Å²) in [5.41, 5.74) is 2.57. The molecule has 3 aromatic rings. The van der Waals surface area contributed by atoms with Gasteiger partial charge in [-0.05, 0) is 43.0 Å². The Bertz CT molecular complexity index is 1130. The van der Waals surface area contributed by atoms with Crippen LogP contribution in [0.5, 0.6) is 17.2 Å². The Balaban J connectivity index is 1.45. The second-order valence-corrected chi connectivity index (χ2v) is 8.02. The van der Waals surface area contributed by atoms with Crippen molar-refractivity contribution < 1.29 is 19.0 Å². The maximum absolute atomic E-state index is 12.7. The quantitative estimate of drug-likeness (QED) is 0.552. The number of ether oxygens (including phenoxy) is 3. The molecule has 2 heterocycles. The van der Waals surface area contributed by atoms with Crippen molar-refractivity contribution in [3.63, 3.8) is 0 Å². The first kappa shape index (κ1) is 22.6. The monoisotopic (exact) mass is 450 g/mol. The number of anilines is 1. The summed E-state index contributed by atoms with van der Waals surface area (Å²) >= 11 is 0. The SMILES string of the molecule is COc1ccc(CCC(=O)Nc2cccc(-c3nnc4n3CCCCC4)c2)c(OC)c1OC. The largest absolute Gasteiger partial charge is 0.493 e. The molecule has 4 rings (SSSR count). The third-order valence-electron chi connectivity index (χ3n) is 5.92. The number of benzene rings is 2.